The fourth-order valence-electron chi connectivity index (χ4n) is 2.50. The SMILES string of the molecule is N#CC1CCCCC1Nc1ccc(Cl)c(C(F)(F)F)c1. The van der Waals surface area contributed by atoms with Crippen LogP contribution in [-0.2, 0) is 6.18 Å². The maximum absolute atomic E-state index is 12.8. The monoisotopic (exact) mass is 302 g/mol. The molecule has 1 saturated carbocycles. The van der Waals surface area contributed by atoms with Crippen molar-refractivity contribution in [1.82, 2.24) is 0 Å². The van der Waals surface area contributed by atoms with Gasteiger partial charge < -0.3 is 5.32 Å². The summed E-state index contributed by atoms with van der Waals surface area (Å²) < 4.78 is 38.4. The van der Waals surface area contributed by atoms with Gasteiger partial charge >= 0.3 is 6.18 Å². The first kappa shape index (κ1) is 15.0. The van der Waals surface area contributed by atoms with Gasteiger partial charge in [0.25, 0.3) is 0 Å². The molecule has 0 saturated heterocycles. The van der Waals surface area contributed by atoms with E-state index in [-0.39, 0.29) is 17.0 Å². The van der Waals surface area contributed by atoms with Gasteiger partial charge in [-0.3, -0.25) is 0 Å². The van der Waals surface area contributed by atoms with Crippen molar-refractivity contribution >= 4 is 17.3 Å². The maximum Gasteiger partial charge on any atom is 0.417 e. The Balaban J connectivity index is 2.20. The summed E-state index contributed by atoms with van der Waals surface area (Å²) in [5, 5.41) is 11.8. The second-order valence-corrected chi connectivity index (χ2v) is 5.37. The largest absolute Gasteiger partial charge is 0.417 e. The van der Waals surface area contributed by atoms with Crippen molar-refractivity contribution in [3.63, 3.8) is 0 Å². The van der Waals surface area contributed by atoms with Gasteiger partial charge in [-0.2, -0.15) is 18.4 Å². The number of alkyl halides is 3. The summed E-state index contributed by atoms with van der Waals surface area (Å²) in [6.07, 6.45) is -0.924. The highest BCUT2D eigenvalue weighted by atomic mass is 35.5. The van der Waals surface area contributed by atoms with Crippen LogP contribution in [0.4, 0.5) is 18.9 Å². The molecule has 1 aromatic carbocycles. The van der Waals surface area contributed by atoms with Gasteiger partial charge in [-0.05, 0) is 31.0 Å². The second-order valence-electron chi connectivity index (χ2n) is 4.96. The number of nitrogens with zero attached hydrogens (tertiary/aromatic N) is 1. The van der Waals surface area contributed by atoms with Gasteiger partial charge in [0, 0.05) is 11.7 Å². The minimum absolute atomic E-state index is 0.101. The Kier molecular flexibility index (Phi) is 4.44. The zero-order chi connectivity index (χ0) is 14.8. The van der Waals surface area contributed by atoms with Crippen LogP contribution in [0.1, 0.15) is 31.2 Å². The third-order valence-electron chi connectivity index (χ3n) is 3.56. The Labute approximate surface area is 120 Å². The Morgan fingerprint density at radius 3 is 2.60 bits per heavy atom. The van der Waals surface area contributed by atoms with Gasteiger partial charge in [0.05, 0.1) is 22.6 Å². The Morgan fingerprint density at radius 2 is 1.95 bits per heavy atom. The normalized spacial score (nSPS) is 23.1. The van der Waals surface area contributed by atoms with Gasteiger partial charge in [-0.1, -0.05) is 24.4 Å². The van der Waals surface area contributed by atoms with E-state index in [1.807, 2.05) is 0 Å². The highest BCUT2D eigenvalue weighted by Gasteiger charge is 2.34. The van der Waals surface area contributed by atoms with E-state index in [1.165, 1.54) is 12.1 Å². The van der Waals surface area contributed by atoms with Crippen LogP contribution < -0.4 is 5.32 Å². The molecular weight excluding hydrogens is 289 g/mol. The summed E-state index contributed by atoms with van der Waals surface area (Å²) in [5.41, 5.74) is -0.498. The average molecular weight is 303 g/mol. The molecular formula is C14H14ClF3N2. The number of anilines is 1. The molecule has 1 aliphatic carbocycles. The number of hydrogen-bond acceptors (Lipinski definition) is 2. The van der Waals surface area contributed by atoms with Crippen LogP contribution in [0.2, 0.25) is 5.02 Å². The van der Waals surface area contributed by atoms with Crippen molar-refractivity contribution in [2.45, 2.75) is 37.9 Å². The summed E-state index contributed by atoms with van der Waals surface area (Å²) in [6, 6.07) is 5.87. The number of nitrogens with one attached hydrogen (secondary N) is 1. The van der Waals surface area contributed by atoms with Crippen LogP contribution in [0.15, 0.2) is 18.2 Å². The molecule has 6 heteroatoms. The molecule has 108 valence electrons. The van der Waals surface area contributed by atoms with Gasteiger partial charge in [0.1, 0.15) is 0 Å². The molecule has 0 spiro atoms. The standard InChI is InChI=1S/C14H14ClF3N2/c15-12-6-5-10(7-11(12)14(16,17)18)20-13-4-2-1-3-9(13)8-19/h5-7,9,13,20H,1-4H2. The number of halogens is 4. The van der Waals surface area contributed by atoms with Crippen LogP contribution in [0.3, 0.4) is 0 Å². The summed E-state index contributed by atoms with van der Waals surface area (Å²) in [7, 11) is 0. The third-order valence-corrected chi connectivity index (χ3v) is 3.89. The lowest BCUT2D eigenvalue weighted by Crippen LogP contribution is -2.31. The summed E-state index contributed by atoms with van der Waals surface area (Å²) >= 11 is 5.58. The lowest BCUT2D eigenvalue weighted by atomic mass is 9.85. The maximum atomic E-state index is 12.8. The molecule has 2 rings (SSSR count). The van der Waals surface area contributed by atoms with Gasteiger partial charge in [0.2, 0.25) is 0 Å². The minimum Gasteiger partial charge on any atom is -0.381 e. The molecule has 0 aromatic heterocycles. The molecule has 2 unspecified atom stereocenters. The van der Waals surface area contributed by atoms with E-state index in [9.17, 15) is 13.2 Å². The number of hydrogen-bond donors (Lipinski definition) is 1. The van der Waals surface area contributed by atoms with Crippen LogP contribution in [-0.4, -0.2) is 6.04 Å². The molecule has 1 fully saturated rings. The molecule has 0 heterocycles. The molecule has 0 aliphatic heterocycles. The molecule has 20 heavy (non-hydrogen) atoms. The van der Waals surface area contributed by atoms with Gasteiger partial charge in [0.15, 0.2) is 0 Å². The Hall–Kier alpha value is -1.41. The van der Waals surface area contributed by atoms with Crippen LogP contribution in [0.25, 0.3) is 0 Å². The van der Waals surface area contributed by atoms with Crippen molar-refractivity contribution in [3.05, 3.63) is 28.8 Å². The highest BCUT2D eigenvalue weighted by molar-refractivity contribution is 6.31. The predicted octanol–water partition coefficient (Wildman–Crippen LogP) is 4.85. The van der Waals surface area contributed by atoms with E-state index in [1.54, 1.807) is 0 Å². The zero-order valence-electron chi connectivity index (χ0n) is 10.7. The number of benzene rings is 1. The highest BCUT2D eigenvalue weighted by Crippen LogP contribution is 2.37. The van der Waals surface area contributed by atoms with E-state index < -0.39 is 11.7 Å². The summed E-state index contributed by atoms with van der Waals surface area (Å²) in [4.78, 5) is 0. The minimum atomic E-state index is -4.48. The zero-order valence-corrected chi connectivity index (χ0v) is 11.4. The van der Waals surface area contributed by atoms with Crippen molar-refractivity contribution in [3.8, 4) is 6.07 Å². The molecule has 2 atom stereocenters. The molecule has 2 nitrogen and oxygen atoms in total. The fraction of sp³-hybridized carbons (Fsp3) is 0.500. The molecule has 0 radical (unpaired) electrons. The molecule has 0 bridgehead atoms. The van der Waals surface area contributed by atoms with E-state index in [0.717, 1.165) is 31.7 Å². The second kappa shape index (κ2) is 5.92. The van der Waals surface area contributed by atoms with E-state index in [0.29, 0.717) is 5.69 Å². The van der Waals surface area contributed by atoms with Crippen molar-refractivity contribution in [1.29, 1.82) is 5.26 Å². The van der Waals surface area contributed by atoms with Gasteiger partial charge in [-0.15, -0.1) is 0 Å². The smallest absolute Gasteiger partial charge is 0.381 e. The molecule has 1 aliphatic rings. The number of rotatable bonds is 2. The van der Waals surface area contributed by atoms with Crippen molar-refractivity contribution < 1.29 is 13.2 Å². The van der Waals surface area contributed by atoms with Crippen LogP contribution in [0, 0.1) is 17.2 Å². The quantitative estimate of drug-likeness (QED) is 0.847. The Bertz CT molecular complexity index is 522. The predicted molar refractivity (Wildman–Crippen MR) is 71.4 cm³/mol. The lowest BCUT2D eigenvalue weighted by molar-refractivity contribution is -0.137. The average Bonchev–Trinajstić information content (AvgIpc) is 2.40. The first-order valence-corrected chi connectivity index (χ1v) is 6.82. The van der Waals surface area contributed by atoms with Crippen LogP contribution >= 0.6 is 11.6 Å². The first-order chi connectivity index (χ1) is 9.41. The topological polar surface area (TPSA) is 35.8 Å². The van der Waals surface area contributed by atoms with Crippen LogP contribution in [0.5, 0.6) is 0 Å². The Morgan fingerprint density at radius 1 is 1.25 bits per heavy atom. The summed E-state index contributed by atoms with van der Waals surface area (Å²) in [5.74, 6) is -0.159. The third kappa shape index (κ3) is 3.37. The summed E-state index contributed by atoms with van der Waals surface area (Å²) in [6.45, 7) is 0. The molecule has 0 amide bonds. The van der Waals surface area contributed by atoms with Crippen molar-refractivity contribution in [2.24, 2.45) is 5.92 Å². The lowest BCUT2D eigenvalue weighted by Gasteiger charge is -2.28. The van der Waals surface area contributed by atoms with Crippen molar-refractivity contribution in [2.75, 3.05) is 5.32 Å². The van der Waals surface area contributed by atoms with E-state index >= 15 is 0 Å². The molecule has 1 aromatic rings. The first-order valence-electron chi connectivity index (χ1n) is 6.44. The van der Waals surface area contributed by atoms with E-state index in [4.69, 9.17) is 16.9 Å². The number of nitriles is 1. The fourth-order valence-corrected chi connectivity index (χ4v) is 2.73. The van der Waals surface area contributed by atoms with Gasteiger partial charge in [-0.25, -0.2) is 0 Å². The van der Waals surface area contributed by atoms with E-state index in [2.05, 4.69) is 11.4 Å². The molecule has 1 N–H and O–H groups in total.